The summed E-state index contributed by atoms with van der Waals surface area (Å²) in [5, 5.41) is 10.0. The average molecular weight is 256 g/mol. The molecule has 0 amide bonds. The number of hydrogen-bond donors (Lipinski definition) is 1. The maximum atomic E-state index is 10.0. The van der Waals surface area contributed by atoms with E-state index in [-0.39, 0.29) is 6.10 Å². The van der Waals surface area contributed by atoms with Crippen LogP contribution in [0.4, 0.5) is 0 Å². The minimum Gasteiger partial charge on any atom is -0.389 e. The maximum absolute atomic E-state index is 10.0. The number of aliphatic hydroxyl groups excluding tert-OH is 1. The molecular weight excluding hydrogens is 228 g/mol. The zero-order valence-electron chi connectivity index (χ0n) is 11.8. The van der Waals surface area contributed by atoms with Crippen LogP contribution in [0.2, 0.25) is 0 Å². The molecule has 1 aliphatic carbocycles. The Morgan fingerprint density at radius 2 is 1.94 bits per heavy atom. The van der Waals surface area contributed by atoms with Crippen LogP contribution in [0.25, 0.3) is 0 Å². The SMILES string of the molecule is C[C@@H]1CCC[C@@H]1OC[C@H](O)CN1CCN(C)CC1. The second-order valence-electron chi connectivity index (χ2n) is 6.04. The van der Waals surface area contributed by atoms with Gasteiger partial charge in [0.15, 0.2) is 0 Å². The molecular formula is C14H28N2O2. The molecule has 106 valence electrons. The third-order valence-electron chi connectivity index (χ3n) is 4.35. The van der Waals surface area contributed by atoms with Crippen molar-refractivity contribution in [3.63, 3.8) is 0 Å². The van der Waals surface area contributed by atoms with Crippen LogP contribution in [0.15, 0.2) is 0 Å². The first-order chi connectivity index (χ1) is 8.65. The van der Waals surface area contributed by atoms with E-state index < -0.39 is 0 Å². The van der Waals surface area contributed by atoms with E-state index in [4.69, 9.17) is 4.74 Å². The van der Waals surface area contributed by atoms with E-state index in [1.165, 1.54) is 19.3 Å². The van der Waals surface area contributed by atoms with Crippen LogP contribution in [0.5, 0.6) is 0 Å². The van der Waals surface area contributed by atoms with Gasteiger partial charge >= 0.3 is 0 Å². The van der Waals surface area contributed by atoms with Gasteiger partial charge in [0.2, 0.25) is 0 Å². The van der Waals surface area contributed by atoms with E-state index in [0.717, 1.165) is 32.7 Å². The highest BCUT2D eigenvalue weighted by molar-refractivity contribution is 4.76. The maximum Gasteiger partial charge on any atom is 0.0900 e. The fourth-order valence-corrected chi connectivity index (χ4v) is 2.97. The first-order valence-corrected chi connectivity index (χ1v) is 7.35. The number of likely N-dealkylation sites (N-methyl/N-ethyl adjacent to an activating group) is 1. The largest absolute Gasteiger partial charge is 0.389 e. The molecule has 1 saturated heterocycles. The third-order valence-corrected chi connectivity index (χ3v) is 4.35. The monoisotopic (exact) mass is 256 g/mol. The molecule has 18 heavy (non-hydrogen) atoms. The predicted molar refractivity (Wildman–Crippen MR) is 72.7 cm³/mol. The Balaban J connectivity index is 1.61. The van der Waals surface area contributed by atoms with Crippen molar-refractivity contribution in [1.82, 2.24) is 9.80 Å². The van der Waals surface area contributed by atoms with E-state index in [2.05, 4.69) is 23.8 Å². The summed E-state index contributed by atoms with van der Waals surface area (Å²) in [5.74, 6) is 0.667. The molecule has 0 aromatic rings. The van der Waals surface area contributed by atoms with Gasteiger partial charge in [-0.05, 0) is 25.8 Å². The summed E-state index contributed by atoms with van der Waals surface area (Å²) < 4.78 is 5.85. The topological polar surface area (TPSA) is 35.9 Å². The van der Waals surface area contributed by atoms with Crippen molar-refractivity contribution in [2.24, 2.45) is 5.92 Å². The van der Waals surface area contributed by atoms with Gasteiger partial charge in [-0.15, -0.1) is 0 Å². The zero-order valence-corrected chi connectivity index (χ0v) is 11.8. The highest BCUT2D eigenvalue weighted by atomic mass is 16.5. The summed E-state index contributed by atoms with van der Waals surface area (Å²) in [7, 11) is 2.15. The van der Waals surface area contributed by atoms with E-state index in [9.17, 15) is 5.11 Å². The van der Waals surface area contributed by atoms with Gasteiger partial charge in [-0.25, -0.2) is 0 Å². The number of aliphatic hydroxyl groups is 1. The molecule has 1 heterocycles. The van der Waals surface area contributed by atoms with Crippen molar-refractivity contribution in [2.45, 2.75) is 38.4 Å². The lowest BCUT2D eigenvalue weighted by molar-refractivity contribution is -0.0349. The molecule has 2 fully saturated rings. The van der Waals surface area contributed by atoms with Gasteiger partial charge < -0.3 is 14.7 Å². The molecule has 4 heteroatoms. The Labute approximate surface area is 111 Å². The smallest absolute Gasteiger partial charge is 0.0900 e. The standard InChI is InChI=1S/C14H28N2O2/c1-12-4-3-5-14(12)18-11-13(17)10-16-8-6-15(2)7-9-16/h12-14,17H,3-11H2,1-2H3/t12-,13-,14+/m1/s1. The fourth-order valence-electron chi connectivity index (χ4n) is 2.97. The van der Waals surface area contributed by atoms with E-state index >= 15 is 0 Å². The van der Waals surface area contributed by atoms with Crippen molar-refractivity contribution in [1.29, 1.82) is 0 Å². The van der Waals surface area contributed by atoms with Crippen LogP contribution in [-0.4, -0.2) is 73.5 Å². The van der Waals surface area contributed by atoms with Crippen LogP contribution >= 0.6 is 0 Å². The highest BCUT2D eigenvalue weighted by Gasteiger charge is 2.25. The minimum atomic E-state index is -0.332. The lowest BCUT2D eigenvalue weighted by atomic mass is 10.1. The van der Waals surface area contributed by atoms with Crippen molar-refractivity contribution in [3.8, 4) is 0 Å². The Kier molecular flexibility index (Phi) is 5.42. The summed E-state index contributed by atoms with van der Waals surface area (Å²) >= 11 is 0. The fraction of sp³-hybridized carbons (Fsp3) is 1.00. The van der Waals surface area contributed by atoms with Crippen LogP contribution in [0, 0.1) is 5.92 Å². The molecule has 0 spiro atoms. The van der Waals surface area contributed by atoms with Crippen molar-refractivity contribution in [3.05, 3.63) is 0 Å². The average Bonchev–Trinajstić information content (AvgIpc) is 2.75. The van der Waals surface area contributed by atoms with Gasteiger partial charge in [0.1, 0.15) is 0 Å². The van der Waals surface area contributed by atoms with Crippen LogP contribution in [0.1, 0.15) is 26.2 Å². The third kappa shape index (κ3) is 4.19. The molecule has 1 N–H and O–H groups in total. The van der Waals surface area contributed by atoms with Crippen LogP contribution < -0.4 is 0 Å². The Hall–Kier alpha value is -0.160. The van der Waals surface area contributed by atoms with Crippen molar-refractivity contribution < 1.29 is 9.84 Å². The van der Waals surface area contributed by atoms with E-state index in [1.807, 2.05) is 0 Å². The summed E-state index contributed by atoms with van der Waals surface area (Å²) in [4.78, 5) is 4.67. The summed E-state index contributed by atoms with van der Waals surface area (Å²) in [6.45, 7) is 7.85. The molecule has 0 radical (unpaired) electrons. The first-order valence-electron chi connectivity index (χ1n) is 7.35. The first kappa shape index (κ1) is 14.3. The van der Waals surface area contributed by atoms with Gasteiger partial charge in [0.25, 0.3) is 0 Å². The normalized spacial score (nSPS) is 32.8. The summed E-state index contributed by atoms with van der Waals surface area (Å²) in [6, 6.07) is 0. The molecule has 0 aromatic heterocycles. The molecule has 2 aliphatic rings. The number of rotatable bonds is 5. The molecule has 0 unspecified atom stereocenters. The number of ether oxygens (including phenoxy) is 1. The van der Waals surface area contributed by atoms with Gasteiger partial charge in [-0.3, -0.25) is 4.90 Å². The van der Waals surface area contributed by atoms with E-state index in [0.29, 0.717) is 18.6 Å². The Bertz CT molecular complexity index is 242. The van der Waals surface area contributed by atoms with Gasteiger partial charge in [0, 0.05) is 32.7 Å². The molecule has 2 rings (SSSR count). The van der Waals surface area contributed by atoms with Crippen LogP contribution in [0.3, 0.4) is 0 Å². The molecule has 3 atom stereocenters. The number of nitrogens with zero attached hydrogens (tertiary/aromatic N) is 2. The number of β-amino-alcohol motifs (C(OH)–C–C–N with tert-alkyl or cyclic N) is 1. The summed E-state index contributed by atoms with van der Waals surface area (Å²) in [5.41, 5.74) is 0. The predicted octanol–water partition coefficient (Wildman–Crippen LogP) is 0.800. The zero-order chi connectivity index (χ0) is 13.0. The quantitative estimate of drug-likeness (QED) is 0.789. The lowest BCUT2D eigenvalue weighted by Gasteiger charge is -2.33. The van der Waals surface area contributed by atoms with Crippen LogP contribution in [-0.2, 0) is 4.74 Å². The van der Waals surface area contributed by atoms with Gasteiger partial charge in [-0.2, -0.15) is 0 Å². The van der Waals surface area contributed by atoms with Crippen molar-refractivity contribution in [2.75, 3.05) is 46.4 Å². The molecule has 1 aliphatic heterocycles. The molecule has 1 saturated carbocycles. The lowest BCUT2D eigenvalue weighted by Crippen LogP contribution is -2.47. The van der Waals surface area contributed by atoms with Gasteiger partial charge in [-0.1, -0.05) is 13.3 Å². The molecule has 4 nitrogen and oxygen atoms in total. The second-order valence-corrected chi connectivity index (χ2v) is 6.04. The van der Waals surface area contributed by atoms with E-state index in [1.54, 1.807) is 0 Å². The molecule has 0 bridgehead atoms. The number of piperazine rings is 1. The second kappa shape index (κ2) is 6.85. The summed E-state index contributed by atoms with van der Waals surface area (Å²) in [6.07, 6.45) is 3.77. The van der Waals surface area contributed by atoms with Gasteiger partial charge in [0.05, 0.1) is 18.8 Å². The number of hydrogen-bond acceptors (Lipinski definition) is 4. The Morgan fingerprint density at radius 1 is 1.22 bits per heavy atom. The minimum absolute atomic E-state index is 0.332. The Morgan fingerprint density at radius 3 is 2.56 bits per heavy atom. The highest BCUT2D eigenvalue weighted by Crippen LogP contribution is 2.27. The molecule has 0 aromatic carbocycles. The van der Waals surface area contributed by atoms with Crippen molar-refractivity contribution >= 4 is 0 Å².